The zero-order chi connectivity index (χ0) is 13.1. The average Bonchev–Trinajstić information content (AvgIpc) is 2.73. The Bertz CT molecular complexity index is 549. The lowest BCUT2D eigenvalue weighted by molar-refractivity contribution is -0.137. The lowest BCUT2D eigenvalue weighted by Gasteiger charge is -2.04. The van der Waals surface area contributed by atoms with Gasteiger partial charge in [0.2, 0.25) is 0 Å². The molecule has 2 aromatic rings. The van der Waals surface area contributed by atoms with Crippen molar-refractivity contribution in [1.82, 2.24) is 9.78 Å². The van der Waals surface area contributed by atoms with Crippen LogP contribution in [0.1, 0.15) is 18.8 Å². The maximum Gasteiger partial charge on any atom is 0.325 e. The van der Waals surface area contributed by atoms with Gasteiger partial charge in [-0.1, -0.05) is 30.3 Å². The van der Waals surface area contributed by atoms with Crippen LogP contribution in [0.15, 0.2) is 36.4 Å². The number of carboxylic acids is 1. The minimum atomic E-state index is -1.26. The van der Waals surface area contributed by atoms with Crippen molar-refractivity contribution < 1.29 is 14.3 Å². The standard InChI is InChI=1S/C13H13FN2O2/c1-9(14)12-7-11(10-5-3-2-4-6-10)15-16(12)8-13(17)18/h2-7,9H,8H2,1H3,(H,17,18). The van der Waals surface area contributed by atoms with E-state index in [1.807, 2.05) is 30.3 Å². The Morgan fingerprint density at radius 1 is 1.44 bits per heavy atom. The summed E-state index contributed by atoms with van der Waals surface area (Å²) in [6.07, 6.45) is -1.26. The van der Waals surface area contributed by atoms with Crippen LogP contribution in [-0.4, -0.2) is 20.9 Å². The van der Waals surface area contributed by atoms with E-state index in [-0.39, 0.29) is 12.2 Å². The van der Waals surface area contributed by atoms with Gasteiger partial charge in [-0.3, -0.25) is 9.48 Å². The van der Waals surface area contributed by atoms with Crippen molar-refractivity contribution in [3.8, 4) is 11.3 Å². The summed E-state index contributed by atoms with van der Waals surface area (Å²) < 4.78 is 14.6. The molecule has 0 spiro atoms. The molecule has 0 aliphatic heterocycles. The van der Waals surface area contributed by atoms with E-state index in [9.17, 15) is 9.18 Å². The number of rotatable bonds is 4. The first kappa shape index (κ1) is 12.3. The number of benzene rings is 1. The van der Waals surface area contributed by atoms with Crippen molar-refractivity contribution in [2.24, 2.45) is 0 Å². The van der Waals surface area contributed by atoms with Crippen molar-refractivity contribution in [3.05, 3.63) is 42.1 Å². The van der Waals surface area contributed by atoms with E-state index in [0.717, 1.165) is 5.56 Å². The second kappa shape index (κ2) is 5.00. The molecule has 18 heavy (non-hydrogen) atoms. The number of carboxylic acid groups (broad SMARTS) is 1. The van der Waals surface area contributed by atoms with E-state index >= 15 is 0 Å². The molecular weight excluding hydrogens is 235 g/mol. The summed E-state index contributed by atoms with van der Waals surface area (Å²) in [7, 11) is 0. The van der Waals surface area contributed by atoms with Crippen molar-refractivity contribution in [2.75, 3.05) is 0 Å². The SMILES string of the molecule is CC(F)c1cc(-c2ccccc2)nn1CC(=O)O. The van der Waals surface area contributed by atoms with Crippen LogP contribution in [0.25, 0.3) is 11.3 Å². The van der Waals surface area contributed by atoms with E-state index in [1.165, 1.54) is 11.6 Å². The monoisotopic (exact) mass is 248 g/mol. The molecule has 0 saturated carbocycles. The number of alkyl halides is 1. The first-order valence-electron chi connectivity index (χ1n) is 5.57. The van der Waals surface area contributed by atoms with Crippen LogP contribution < -0.4 is 0 Å². The van der Waals surface area contributed by atoms with Gasteiger partial charge >= 0.3 is 5.97 Å². The Morgan fingerprint density at radius 2 is 2.11 bits per heavy atom. The highest BCUT2D eigenvalue weighted by Crippen LogP contribution is 2.24. The van der Waals surface area contributed by atoms with Crippen LogP contribution >= 0.6 is 0 Å². The molecule has 0 saturated heterocycles. The highest BCUT2D eigenvalue weighted by atomic mass is 19.1. The highest BCUT2D eigenvalue weighted by Gasteiger charge is 2.16. The molecule has 1 N–H and O–H groups in total. The van der Waals surface area contributed by atoms with Gasteiger partial charge in [-0.05, 0) is 13.0 Å². The van der Waals surface area contributed by atoms with Gasteiger partial charge in [-0.25, -0.2) is 4.39 Å². The summed E-state index contributed by atoms with van der Waals surface area (Å²) in [5, 5.41) is 12.9. The quantitative estimate of drug-likeness (QED) is 0.905. The maximum atomic E-state index is 13.4. The van der Waals surface area contributed by atoms with Gasteiger partial charge in [0.05, 0.1) is 11.4 Å². The van der Waals surface area contributed by atoms with Gasteiger partial charge in [0, 0.05) is 5.56 Å². The summed E-state index contributed by atoms with van der Waals surface area (Å²) in [5.41, 5.74) is 1.69. The fraction of sp³-hybridized carbons (Fsp3) is 0.231. The van der Waals surface area contributed by atoms with Crippen LogP contribution in [0, 0.1) is 0 Å². The van der Waals surface area contributed by atoms with Crippen molar-refractivity contribution in [1.29, 1.82) is 0 Å². The predicted octanol–water partition coefficient (Wildman–Crippen LogP) is 2.67. The van der Waals surface area contributed by atoms with Crippen LogP contribution in [0.2, 0.25) is 0 Å². The molecule has 0 aliphatic rings. The largest absolute Gasteiger partial charge is 0.480 e. The Labute approximate surface area is 104 Å². The van der Waals surface area contributed by atoms with Gasteiger partial charge in [0.1, 0.15) is 12.7 Å². The van der Waals surface area contributed by atoms with Gasteiger partial charge in [0.25, 0.3) is 0 Å². The lowest BCUT2D eigenvalue weighted by atomic mass is 10.1. The van der Waals surface area contributed by atoms with Gasteiger partial charge in [-0.2, -0.15) is 5.10 Å². The minimum Gasteiger partial charge on any atom is -0.480 e. The molecule has 5 heteroatoms. The summed E-state index contributed by atoms with van der Waals surface area (Å²) >= 11 is 0. The number of carbonyl (C=O) groups is 1. The maximum absolute atomic E-state index is 13.4. The molecule has 0 radical (unpaired) electrons. The Kier molecular flexibility index (Phi) is 3.41. The number of aromatic nitrogens is 2. The summed E-state index contributed by atoms with van der Waals surface area (Å²) in [5.74, 6) is -1.04. The lowest BCUT2D eigenvalue weighted by Crippen LogP contribution is -2.13. The van der Waals surface area contributed by atoms with Gasteiger partial charge in [0.15, 0.2) is 0 Å². The molecular formula is C13H13FN2O2. The molecule has 1 atom stereocenters. The molecule has 0 fully saturated rings. The number of halogens is 1. The smallest absolute Gasteiger partial charge is 0.325 e. The van der Waals surface area contributed by atoms with E-state index < -0.39 is 12.1 Å². The molecule has 0 bridgehead atoms. The topological polar surface area (TPSA) is 55.1 Å². The molecule has 2 rings (SSSR count). The molecule has 0 amide bonds. The number of nitrogens with zero attached hydrogens (tertiary/aromatic N) is 2. The van der Waals surface area contributed by atoms with E-state index in [0.29, 0.717) is 5.69 Å². The average molecular weight is 248 g/mol. The van der Waals surface area contributed by atoms with Crippen molar-refractivity contribution in [3.63, 3.8) is 0 Å². The third-order valence-electron chi connectivity index (χ3n) is 2.57. The van der Waals surface area contributed by atoms with Gasteiger partial charge in [-0.15, -0.1) is 0 Å². The molecule has 1 aromatic carbocycles. The summed E-state index contributed by atoms with van der Waals surface area (Å²) in [6.45, 7) is 1.03. The number of aliphatic carboxylic acids is 1. The van der Waals surface area contributed by atoms with Crippen LogP contribution in [-0.2, 0) is 11.3 Å². The first-order chi connectivity index (χ1) is 8.58. The third kappa shape index (κ3) is 2.56. The Morgan fingerprint density at radius 3 is 2.67 bits per heavy atom. The minimum absolute atomic E-state index is 0.274. The fourth-order valence-electron chi connectivity index (χ4n) is 1.76. The fourth-order valence-corrected chi connectivity index (χ4v) is 1.76. The summed E-state index contributed by atoms with van der Waals surface area (Å²) in [6, 6.07) is 10.9. The summed E-state index contributed by atoms with van der Waals surface area (Å²) in [4.78, 5) is 10.7. The molecule has 94 valence electrons. The van der Waals surface area contributed by atoms with Crippen LogP contribution in [0.3, 0.4) is 0 Å². The van der Waals surface area contributed by atoms with E-state index in [1.54, 1.807) is 6.07 Å². The van der Waals surface area contributed by atoms with E-state index in [4.69, 9.17) is 5.11 Å². The van der Waals surface area contributed by atoms with Crippen LogP contribution in [0.5, 0.6) is 0 Å². The van der Waals surface area contributed by atoms with Gasteiger partial charge < -0.3 is 5.11 Å². The Hall–Kier alpha value is -2.17. The molecule has 0 aliphatic carbocycles. The Balaban J connectivity index is 2.42. The molecule has 4 nitrogen and oxygen atoms in total. The van der Waals surface area contributed by atoms with E-state index in [2.05, 4.69) is 5.10 Å². The number of hydrogen-bond donors (Lipinski definition) is 1. The first-order valence-corrected chi connectivity index (χ1v) is 5.57. The van der Waals surface area contributed by atoms with Crippen molar-refractivity contribution >= 4 is 5.97 Å². The second-order valence-corrected chi connectivity index (χ2v) is 3.99. The number of hydrogen-bond acceptors (Lipinski definition) is 2. The van der Waals surface area contributed by atoms with Crippen molar-refractivity contribution in [2.45, 2.75) is 19.6 Å². The molecule has 1 heterocycles. The third-order valence-corrected chi connectivity index (χ3v) is 2.57. The zero-order valence-electron chi connectivity index (χ0n) is 9.88. The normalized spacial score (nSPS) is 12.3. The highest BCUT2D eigenvalue weighted by molar-refractivity contribution is 5.67. The zero-order valence-corrected chi connectivity index (χ0v) is 9.88. The second-order valence-electron chi connectivity index (χ2n) is 3.99. The molecule has 1 aromatic heterocycles. The van der Waals surface area contributed by atoms with Crippen LogP contribution in [0.4, 0.5) is 4.39 Å². The molecule has 1 unspecified atom stereocenters. The predicted molar refractivity (Wildman–Crippen MR) is 64.8 cm³/mol.